The second-order valence-electron chi connectivity index (χ2n) is 6.86. The fourth-order valence-corrected chi connectivity index (χ4v) is 2.57. The van der Waals surface area contributed by atoms with Gasteiger partial charge in [0.1, 0.15) is 25.1 Å². The summed E-state index contributed by atoms with van der Waals surface area (Å²) in [6.07, 6.45) is 9.44. The summed E-state index contributed by atoms with van der Waals surface area (Å²) < 4.78 is 10.4. The van der Waals surface area contributed by atoms with E-state index in [2.05, 4.69) is 25.6 Å². The highest BCUT2D eigenvalue weighted by atomic mass is 16.5. The second kappa shape index (κ2) is 13.4. The minimum Gasteiger partial charge on any atom is -0.491 e. The molecule has 4 heteroatoms. The molecular formula is C22H34O4. The number of unbranched alkanes of at least 4 members (excludes halogenated alkanes) is 6. The van der Waals surface area contributed by atoms with Crippen LogP contribution in [-0.2, 0) is 16.0 Å². The quantitative estimate of drug-likeness (QED) is 0.292. The standard InChI is InChI=1S/C22H34O4/c1-4-5-6-7-8-9-10-11-19-12-14-21(15-13-19)25-16-20(23)17-26-22(24)18(2)3/h12-15,20,23H,2,4-11,16-17H2,1,3H3. The average Bonchev–Trinajstić information content (AvgIpc) is 2.64. The molecule has 0 spiro atoms. The Balaban J connectivity index is 2.17. The lowest BCUT2D eigenvalue weighted by atomic mass is 10.0. The third-order valence-corrected chi connectivity index (χ3v) is 4.19. The van der Waals surface area contributed by atoms with Crippen LogP contribution in [0.1, 0.15) is 64.4 Å². The number of hydrogen-bond acceptors (Lipinski definition) is 4. The summed E-state index contributed by atoms with van der Waals surface area (Å²) in [4.78, 5) is 11.3. The molecular weight excluding hydrogens is 328 g/mol. The van der Waals surface area contributed by atoms with Crippen molar-refractivity contribution < 1.29 is 19.4 Å². The van der Waals surface area contributed by atoms with Crippen LogP contribution < -0.4 is 4.74 Å². The molecule has 1 rings (SSSR count). The van der Waals surface area contributed by atoms with Crippen molar-refractivity contribution in [1.29, 1.82) is 0 Å². The number of benzene rings is 1. The van der Waals surface area contributed by atoms with Crippen LogP contribution in [0, 0.1) is 0 Å². The molecule has 1 aromatic carbocycles. The lowest BCUT2D eigenvalue weighted by molar-refractivity contribution is -0.142. The number of aliphatic hydroxyl groups is 1. The van der Waals surface area contributed by atoms with Gasteiger partial charge in [-0.3, -0.25) is 0 Å². The Morgan fingerprint density at radius 3 is 2.27 bits per heavy atom. The zero-order chi connectivity index (χ0) is 19.2. The lowest BCUT2D eigenvalue weighted by Crippen LogP contribution is -2.25. The van der Waals surface area contributed by atoms with E-state index in [1.165, 1.54) is 50.5 Å². The summed E-state index contributed by atoms with van der Waals surface area (Å²) in [6, 6.07) is 7.98. The SMILES string of the molecule is C=C(C)C(=O)OCC(O)COc1ccc(CCCCCCCCC)cc1. The maximum absolute atomic E-state index is 11.3. The van der Waals surface area contributed by atoms with Gasteiger partial charge in [0, 0.05) is 5.57 Å². The first-order chi connectivity index (χ1) is 12.5. The minimum atomic E-state index is -0.856. The number of carbonyl (C=O) groups excluding carboxylic acids is 1. The van der Waals surface area contributed by atoms with Crippen LogP contribution in [0.5, 0.6) is 5.75 Å². The molecule has 0 aliphatic heterocycles. The molecule has 1 aromatic rings. The number of esters is 1. The van der Waals surface area contributed by atoms with Gasteiger partial charge in [-0.2, -0.15) is 0 Å². The van der Waals surface area contributed by atoms with Gasteiger partial charge in [-0.05, 0) is 37.5 Å². The van der Waals surface area contributed by atoms with Crippen molar-refractivity contribution in [2.75, 3.05) is 13.2 Å². The zero-order valence-corrected chi connectivity index (χ0v) is 16.3. The smallest absolute Gasteiger partial charge is 0.333 e. The van der Waals surface area contributed by atoms with Crippen molar-refractivity contribution in [2.45, 2.75) is 71.3 Å². The average molecular weight is 363 g/mol. The highest BCUT2D eigenvalue weighted by Gasteiger charge is 2.10. The van der Waals surface area contributed by atoms with E-state index in [1.54, 1.807) is 6.92 Å². The largest absolute Gasteiger partial charge is 0.491 e. The molecule has 4 nitrogen and oxygen atoms in total. The third-order valence-electron chi connectivity index (χ3n) is 4.19. The number of aryl methyl sites for hydroxylation is 1. The molecule has 0 amide bonds. The molecule has 0 saturated carbocycles. The van der Waals surface area contributed by atoms with Crippen LogP contribution >= 0.6 is 0 Å². The number of ether oxygens (including phenoxy) is 2. The van der Waals surface area contributed by atoms with Gasteiger partial charge in [0.2, 0.25) is 0 Å². The van der Waals surface area contributed by atoms with E-state index < -0.39 is 12.1 Å². The Morgan fingerprint density at radius 2 is 1.65 bits per heavy atom. The highest BCUT2D eigenvalue weighted by Crippen LogP contribution is 2.15. The molecule has 26 heavy (non-hydrogen) atoms. The first-order valence-corrected chi connectivity index (χ1v) is 9.75. The minimum absolute atomic E-state index is 0.0839. The molecule has 146 valence electrons. The molecule has 0 aliphatic rings. The Morgan fingerprint density at radius 1 is 1.04 bits per heavy atom. The Hall–Kier alpha value is -1.81. The van der Waals surface area contributed by atoms with Crippen LogP contribution in [0.3, 0.4) is 0 Å². The van der Waals surface area contributed by atoms with E-state index in [-0.39, 0.29) is 13.2 Å². The lowest BCUT2D eigenvalue weighted by Gasteiger charge is -2.13. The van der Waals surface area contributed by atoms with Crippen molar-refractivity contribution in [1.82, 2.24) is 0 Å². The summed E-state index contributed by atoms with van der Waals surface area (Å²) in [5, 5.41) is 9.78. The van der Waals surface area contributed by atoms with Crippen LogP contribution in [0.2, 0.25) is 0 Å². The predicted octanol–water partition coefficient (Wildman–Crippen LogP) is 4.84. The number of hydrogen-bond donors (Lipinski definition) is 1. The number of rotatable bonds is 14. The van der Waals surface area contributed by atoms with Crippen LogP contribution in [0.25, 0.3) is 0 Å². The summed E-state index contributed by atoms with van der Waals surface area (Å²) in [6.45, 7) is 7.29. The molecule has 0 saturated heterocycles. The fourth-order valence-electron chi connectivity index (χ4n) is 2.57. The van der Waals surface area contributed by atoms with Gasteiger partial charge in [0.25, 0.3) is 0 Å². The van der Waals surface area contributed by atoms with Crippen LogP contribution in [0.15, 0.2) is 36.4 Å². The van der Waals surface area contributed by atoms with E-state index in [0.717, 1.165) is 6.42 Å². The summed E-state index contributed by atoms with van der Waals surface area (Å²) in [5.74, 6) is 0.206. The maximum atomic E-state index is 11.3. The van der Waals surface area contributed by atoms with Crippen LogP contribution in [0.4, 0.5) is 0 Å². The van der Waals surface area contributed by atoms with Gasteiger partial charge in [-0.25, -0.2) is 4.79 Å². The summed E-state index contributed by atoms with van der Waals surface area (Å²) in [7, 11) is 0. The summed E-state index contributed by atoms with van der Waals surface area (Å²) in [5.41, 5.74) is 1.62. The topological polar surface area (TPSA) is 55.8 Å². The molecule has 0 heterocycles. The fraction of sp³-hybridized carbons (Fsp3) is 0.591. The molecule has 1 atom stereocenters. The van der Waals surface area contributed by atoms with Crippen LogP contribution in [-0.4, -0.2) is 30.4 Å². The van der Waals surface area contributed by atoms with Crippen molar-refractivity contribution in [3.05, 3.63) is 42.0 Å². The predicted molar refractivity (Wildman–Crippen MR) is 105 cm³/mol. The van der Waals surface area contributed by atoms with E-state index in [4.69, 9.17) is 9.47 Å². The molecule has 0 aliphatic carbocycles. The molecule has 0 radical (unpaired) electrons. The number of aliphatic hydroxyl groups excluding tert-OH is 1. The van der Waals surface area contributed by atoms with E-state index >= 15 is 0 Å². The third kappa shape index (κ3) is 10.2. The second-order valence-corrected chi connectivity index (χ2v) is 6.86. The normalized spacial score (nSPS) is 11.8. The van der Waals surface area contributed by atoms with Gasteiger partial charge < -0.3 is 14.6 Å². The summed E-state index contributed by atoms with van der Waals surface area (Å²) >= 11 is 0. The Labute approximate surface area is 158 Å². The highest BCUT2D eigenvalue weighted by molar-refractivity contribution is 5.86. The molecule has 1 N–H and O–H groups in total. The Bertz CT molecular complexity index is 521. The Kier molecular flexibility index (Phi) is 11.5. The van der Waals surface area contributed by atoms with Gasteiger partial charge in [-0.15, -0.1) is 0 Å². The molecule has 0 fully saturated rings. The van der Waals surface area contributed by atoms with Gasteiger partial charge >= 0.3 is 5.97 Å². The van der Waals surface area contributed by atoms with Gasteiger partial charge in [-0.1, -0.05) is 64.2 Å². The maximum Gasteiger partial charge on any atom is 0.333 e. The van der Waals surface area contributed by atoms with Gasteiger partial charge in [0.15, 0.2) is 0 Å². The van der Waals surface area contributed by atoms with E-state index in [0.29, 0.717) is 11.3 Å². The van der Waals surface area contributed by atoms with Gasteiger partial charge in [0.05, 0.1) is 0 Å². The number of carbonyl (C=O) groups is 1. The van der Waals surface area contributed by atoms with Crippen molar-refractivity contribution >= 4 is 5.97 Å². The molecule has 0 bridgehead atoms. The first kappa shape index (κ1) is 22.2. The van der Waals surface area contributed by atoms with Crippen molar-refractivity contribution in [3.8, 4) is 5.75 Å². The van der Waals surface area contributed by atoms with Crippen molar-refractivity contribution in [2.24, 2.45) is 0 Å². The molecule has 1 unspecified atom stereocenters. The van der Waals surface area contributed by atoms with E-state index in [9.17, 15) is 9.90 Å². The van der Waals surface area contributed by atoms with Crippen molar-refractivity contribution in [3.63, 3.8) is 0 Å². The van der Waals surface area contributed by atoms with E-state index in [1.807, 2.05) is 12.1 Å². The monoisotopic (exact) mass is 362 g/mol. The first-order valence-electron chi connectivity index (χ1n) is 9.75. The molecule has 0 aromatic heterocycles. The zero-order valence-electron chi connectivity index (χ0n) is 16.3.